The monoisotopic (exact) mass is 908 g/mol. The Kier molecular flexibility index (Phi) is 30.1. The fourth-order valence-electron chi connectivity index (χ4n) is 9.14. The largest absolute Gasteiger partial charge is 0.463 e. The molecule has 8 rings (SSSR count). The van der Waals surface area contributed by atoms with Gasteiger partial charge in [-0.15, -0.1) is 35.6 Å². The zero-order valence-corrected chi connectivity index (χ0v) is 38.5. The Labute approximate surface area is 373 Å². The summed E-state index contributed by atoms with van der Waals surface area (Å²) in [5, 5.41) is 41.1. The van der Waals surface area contributed by atoms with Crippen LogP contribution in [0.2, 0.25) is 0 Å². The van der Waals surface area contributed by atoms with E-state index in [2.05, 4.69) is 54.5 Å². The van der Waals surface area contributed by atoms with Crippen LogP contribution in [0.4, 0.5) is 0 Å². The number of carbonyl (C=O) groups excluding carboxylic acids is 1. The number of alkyl halides is 2. The molecule has 15 nitrogen and oxygen atoms in total. The molecule has 5 fully saturated rings. The number of halogens is 3. The topological polar surface area (TPSA) is 226 Å². The maximum atomic E-state index is 10.6. The van der Waals surface area contributed by atoms with Crippen LogP contribution in [-0.2, 0) is 9.53 Å². The van der Waals surface area contributed by atoms with Gasteiger partial charge in [0.2, 0.25) is 18.8 Å². The van der Waals surface area contributed by atoms with Crippen molar-refractivity contribution < 1.29 is 29.4 Å². The molecule has 7 aliphatic carbocycles. The normalized spacial score (nSPS) is 32.3. The van der Waals surface area contributed by atoms with Crippen molar-refractivity contribution in [1.29, 1.82) is 0 Å². The van der Waals surface area contributed by atoms with Crippen LogP contribution in [0.5, 0.6) is 0 Å². The minimum Gasteiger partial charge on any atom is -0.463 e. The minimum absolute atomic E-state index is 0. The Morgan fingerprint density at radius 2 is 1.43 bits per heavy atom. The molecule has 0 saturated heterocycles. The van der Waals surface area contributed by atoms with Gasteiger partial charge in [0.1, 0.15) is 19.0 Å². The number of hydrogen-bond acceptors (Lipinski definition) is 12. The van der Waals surface area contributed by atoms with E-state index in [1.54, 1.807) is 6.92 Å². The summed E-state index contributed by atoms with van der Waals surface area (Å²) in [5.41, 5.74) is 5.96. The van der Waals surface area contributed by atoms with E-state index in [-0.39, 0.29) is 41.8 Å². The summed E-state index contributed by atoms with van der Waals surface area (Å²) in [7, 11) is 0. The van der Waals surface area contributed by atoms with Gasteiger partial charge in [-0.05, 0) is 120 Å². The number of nitrogens with zero attached hydrogens (tertiary/aromatic N) is 4. The molecule has 1 aliphatic heterocycles. The molecule has 0 aromatic heterocycles. The van der Waals surface area contributed by atoms with Gasteiger partial charge < -0.3 is 25.7 Å². The maximum absolute atomic E-state index is 10.6. The second kappa shape index (κ2) is 31.7. The summed E-state index contributed by atoms with van der Waals surface area (Å²) in [5.74, 6) is 7.42. The molecule has 60 heavy (non-hydrogen) atoms. The molecule has 4 N–H and O–H groups in total. The number of allylic oxidation sites excluding steroid dienone is 6. The number of rotatable bonds is 6. The van der Waals surface area contributed by atoms with Crippen molar-refractivity contribution in [2.45, 2.75) is 117 Å². The molecule has 6 bridgehead atoms. The van der Waals surface area contributed by atoms with E-state index in [1.807, 2.05) is 13.0 Å². The molecular weight excluding hydrogens is 839 g/mol. The van der Waals surface area contributed by atoms with Gasteiger partial charge in [-0.1, -0.05) is 57.2 Å². The minimum atomic E-state index is -0.824. The average Bonchev–Trinajstić information content (AvgIpc) is 4.05. The average molecular weight is 910 g/mol. The summed E-state index contributed by atoms with van der Waals surface area (Å²) in [6.45, 7) is 12.3. The highest BCUT2D eigenvalue weighted by atomic mass is 35.5. The van der Waals surface area contributed by atoms with Crippen molar-refractivity contribution in [1.82, 2.24) is 5.32 Å². The van der Waals surface area contributed by atoms with Crippen molar-refractivity contribution in [2.75, 3.05) is 31.5 Å². The summed E-state index contributed by atoms with van der Waals surface area (Å²) in [6, 6.07) is 1.67. The quantitative estimate of drug-likeness (QED) is 0.0755. The van der Waals surface area contributed by atoms with E-state index in [1.165, 1.54) is 58.4 Å². The molecule has 18 heteroatoms. The Morgan fingerprint density at radius 3 is 1.70 bits per heavy atom. The van der Waals surface area contributed by atoms with Crippen LogP contribution < -0.4 is 11.1 Å². The third-order valence-corrected chi connectivity index (χ3v) is 12.6. The van der Waals surface area contributed by atoms with E-state index in [9.17, 15) is 30.3 Å². The zero-order valence-electron chi connectivity index (χ0n) is 36.1. The lowest BCUT2D eigenvalue weighted by molar-refractivity contribution is -0.534. The van der Waals surface area contributed by atoms with Gasteiger partial charge >= 0.3 is 0 Å². The number of carbonyl (C=O) groups is 1. The molecule has 1 heterocycles. The molecule has 0 spiro atoms. The fourth-order valence-corrected chi connectivity index (χ4v) is 9.14. The number of hydrogen-bond donors (Lipinski definition) is 3. The van der Waals surface area contributed by atoms with Gasteiger partial charge in [0.05, 0.1) is 11.5 Å². The number of aliphatic hydroxyl groups excluding tert-OH is 1. The van der Waals surface area contributed by atoms with Crippen molar-refractivity contribution in [3.63, 3.8) is 0 Å². The number of nitro groups is 3. The van der Waals surface area contributed by atoms with E-state index >= 15 is 0 Å². The Hall–Kier alpha value is -3.11. The molecule has 344 valence electrons. The molecule has 13 unspecified atom stereocenters. The van der Waals surface area contributed by atoms with Gasteiger partial charge in [0, 0.05) is 45.5 Å². The number of ether oxygens (including phenoxy) is 1. The first kappa shape index (κ1) is 56.9. The van der Waals surface area contributed by atoms with Gasteiger partial charge in [-0.25, -0.2) is 4.99 Å². The third kappa shape index (κ3) is 20.6. The predicted molar refractivity (Wildman–Crippen MR) is 243 cm³/mol. The van der Waals surface area contributed by atoms with Crippen molar-refractivity contribution in [2.24, 2.45) is 64.0 Å². The number of nitrogens with one attached hydrogen (secondary N) is 1. The molecule has 0 aromatic carbocycles. The van der Waals surface area contributed by atoms with Crippen LogP contribution >= 0.6 is 35.6 Å². The number of fused-ring (bicyclic) bond motifs is 6. The van der Waals surface area contributed by atoms with Crippen LogP contribution in [0.1, 0.15) is 92.9 Å². The summed E-state index contributed by atoms with van der Waals surface area (Å²) in [4.78, 5) is 41.3. The number of aliphatic hydroxyl groups is 1. The van der Waals surface area contributed by atoms with Crippen LogP contribution in [0, 0.1) is 83.6 Å². The first-order chi connectivity index (χ1) is 28.1. The molecule has 0 radical (unpaired) electrons. The molecular formula is C42H71Cl3N6O9. The Balaban J connectivity index is 0.000000693. The van der Waals surface area contributed by atoms with Crippen LogP contribution in [-0.4, -0.2) is 87.9 Å². The van der Waals surface area contributed by atoms with Crippen LogP contribution in [0.25, 0.3) is 0 Å². The SMILES string of the molecule is C/C=C/[N+](=O)[O-].C1=CCC=C1.CC(O)C[N+](=O)[O-].CC1C2C=CC(C2)C1[N+](=O)[O-].CC1C2CCC(C2)C1N.CC1C2CCC(C2)C1NC1=NCCO1.CC=O.Cl.ClCCCl. The molecule has 0 amide bonds. The van der Waals surface area contributed by atoms with Crippen LogP contribution in [0.15, 0.2) is 53.7 Å². The number of nitrogens with two attached hydrogens (primary N) is 1. The lowest BCUT2D eigenvalue weighted by atomic mass is 9.86. The first-order valence-electron chi connectivity index (χ1n) is 21.0. The van der Waals surface area contributed by atoms with E-state index < -0.39 is 16.0 Å². The van der Waals surface area contributed by atoms with Gasteiger partial charge in [0.15, 0.2) is 0 Å². The lowest BCUT2D eigenvalue weighted by Gasteiger charge is -2.29. The lowest BCUT2D eigenvalue weighted by Crippen LogP contribution is -2.43. The highest BCUT2D eigenvalue weighted by Crippen LogP contribution is 2.49. The van der Waals surface area contributed by atoms with Crippen LogP contribution in [0.3, 0.4) is 0 Å². The van der Waals surface area contributed by atoms with Gasteiger partial charge in [-0.3, -0.25) is 30.3 Å². The predicted octanol–water partition coefficient (Wildman–Crippen LogP) is 8.28. The molecule has 0 aromatic rings. The summed E-state index contributed by atoms with van der Waals surface area (Å²) >= 11 is 10.1. The maximum Gasteiger partial charge on any atom is 0.285 e. The molecule has 13 atom stereocenters. The smallest absolute Gasteiger partial charge is 0.285 e. The fraction of sp³-hybridized carbons (Fsp3) is 0.762. The van der Waals surface area contributed by atoms with Gasteiger partial charge in [0.25, 0.3) is 6.02 Å². The van der Waals surface area contributed by atoms with Crippen molar-refractivity contribution in [3.05, 3.63) is 79.1 Å². The Morgan fingerprint density at radius 1 is 0.900 bits per heavy atom. The van der Waals surface area contributed by atoms with Crippen molar-refractivity contribution >= 4 is 47.9 Å². The van der Waals surface area contributed by atoms with E-state index in [0.29, 0.717) is 29.8 Å². The summed E-state index contributed by atoms with van der Waals surface area (Å²) < 4.78 is 5.41. The van der Waals surface area contributed by atoms with E-state index in [0.717, 1.165) is 80.0 Å². The van der Waals surface area contributed by atoms with Crippen molar-refractivity contribution in [3.8, 4) is 0 Å². The third-order valence-electron chi connectivity index (χ3n) is 12.1. The molecule has 5 saturated carbocycles. The molecule has 8 aliphatic rings. The standard InChI is InChI=1S/C11H18N2O.C8H11NO2.C8H15N.C5H6.C3H7NO3.C3H5NO2.C2H4Cl2.C2H4O.ClH/c1-7-8-2-3-9(6-8)10(7)13-11-12-4-5-14-11;1-5-6-2-3-7(4-6)8(5)9(10)11;1-5-6-2-3-7(4-6)8(5)9;1-2-4-5-3-1;1-3(5)2-4(6)7;1-2-3-4(5)6;3-1-2-4;1-2-3;/h7-10H,2-6H2,1H3,(H,12,13);2-3,5-8H,4H2,1H3;5-8H,2-4,9H2,1H3;1-4H,5H2;3,5H,2H2,1H3;2-3H,1H3;1-2H2;2H,1H3;1H/b;;;;;3-2+;;;. The highest BCUT2D eigenvalue weighted by Gasteiger charge is 2.49. The zero-order chi connectivity index (χ0) is 44.5. The van der Waals surface area contributed by atoms with E-state index in [4.69, 9.17) is 43.6 Å². The second-order valence-electron chi connectivity index (χ2n) is 16.1. The number of amidine groups is 1. The number of aldehydes is 1. The van der Waals surface area contributed by atoms with Gasteiger partial charge in [-0.2, -0.15) is 0 Å². The Bertz CT molecular complexity index is 1390. The number of aliphatic imine (C=N–C) groups is 1. The second-order valence-corrected chi connectivity index (χ2v) is 16.8. The summed E-state index contributed by atoms with van der Waals surface area (Å²) in [6.07, 6.45) is 25.4. The first-order valence-corrected chi connectivity index (χ1v) is 22.0. The highest BCUT2D eigenvalue weighted by molar-refractivity contribution is 6.25.